The van der Waals surface area contributed by atoms with E-state index in [-0.39, 0.29) is 11.4 Å². The highest BCUT2D eigenvalue weighted by molar-refractivity contribution is 5.30. The van der Waals surface area contributed by atoms with Crippen molar-refractivity contribution in [1.82, 2.24) is 9.13 Å². The number of imidazole rings is 1. The van der Waals surface area contributed by atoms with E-state index in [2.05, 4.69) is 0 Å². The third kappa shape index (κ3) is 2.68. The molecule has 1 unspecified atom stereocenters. The maximum absolute atomic E-state index is 13.6. The first-order chi connectivity index (χ1) is 9.02. The van der Waals surface area contributed by atoms with Crippen LogP contribution < -0.4 is 16.2 Å². The number of halogens is 1. The molecule has 0 amide bonds. The van der Waals surface area contributed by atoms with Crippen LogP contribution in [-0.4, -0.2) is 16.2 Å². The number of ether oxygens (including phenoxy) is 1. The fourth-order valence-corrected chi connectivity index (χ4v) is 1.88. The Morgan fingerprint density at radius 2 is 2.16 bits per heavy atom. The van der Waals surface area contributed by atoms with Crippen LogP contribution in [0.4, 0.5) is 4.39 Å². The van der Waals surface area contributed by atoms with Crippen molar-refractivity contribution in [1.29, 1.82) is 0 Å². The van der Waals surface area contributed by atoms with Crippen molar-refractivity contribution < 1.29 is 9.13 Å². The van der Waals surface area contributed by atoms with Crippen LogP contribution in [0.1, 0.15) is 11.6 Å². The number of nitrogens with zero attached hydrogens (tertiary/aromatic N) is 2. The average Bonchev–Trinajstić information content (AvgIpc) is 2.70. The molecule has 6 heteroatoms. The summed E-state index contributed by atoms with van der Waals surface area (Å²) in [5.41, 5.74) is 6.46. The summed E-state index contributed by atoms with van der Waals surface area (Å²) in [6, 6.07) is 4.09. The average molecular weight is 265 g/mol. The van der Waals surface area contributed by atoms with Crippen molar-refractivity contribution in [2.45, 2.75) is 12.6 Å². The molecule has 0 radical (unpaired) electrons. The van der Waals surface area contributed by atoms with Crippen LogP contribution in [0.2, 0.25) is 0 Å². The van der Waals surface area contributed by atoms with Crippen molar-refractivity contribution in [2.24, 2.45) is 12.8 Å². The van der Waals surface area contributed by atoms with E-state index < -0.39 is 11.9 Å². The molecular weight excluding hydrogens is 249 g/mol. The largest absolute Gasteiger partial charge is 0.494 e. The fraction of sp³-hybridized carbons (Fsp3) is 0.308. The second-order valence-electron chi connectivity index (χ2n) is 4.34. The zero-order chi connectivity index (χ0) is 14.0. The van der Waals surface area contributed by atoms with Gasteiger partial charge >= 0.3 is 5.69 Å². The summed E-state index contributed by atoms with van der Waals surface area (Å²) in [4.78, 5) is 11.7. The van der Waals surface area contributed by atoms with E-state index in [0.29, 0.717) is 12.1 Å². The van der Waals surface area contributed by atoms with Crippen LogP contribution >= 0.6 is 0 Å². The molecule has 0 aliphatic carbocycles. The minimum atomic E-state index is -0.462. The number of aryl methyl sites for hydroxylation is 1. The first kappa shape index (κ1) is 13.4. The summed E-state index contributed by atoms with van der Waals surface area (Å²) in [7, 11) is 3.07. The van der Waals surface area contributed by atoms with Gasteiger partial charge in [-0.1, -0.05) is 6.07 Å². The zero-order valence-corrected chi connectivity index (χ0v) is 10.8. The number of aromatic nitrogens is 2. The molecule has 1 aromatic heterocycles. The van der Waals surface area contributed by atoms with Crippen LogP contribution in [0.5, 0.6) is 5.75 Å². The molecule has 2 N–H and O–H groups in total. The highest BCUT2D eigenvalue weighted by atomic mass is 19.1. The zero-order valence-electron chi connectivity index (χ0n) is 10.8. The number of nitrogens with two attached hydrogens (primary N) is 1. The predicted octanol–water partition coefficient (Wildman–Crippen LogP) is 1.03. The monoisotopic (exact) mass is 265 g/mol. The van der Waals surface area contributed by atoms with Crippen molar-refractivity contribution in [3.05, 3.63) is 52.5 Å². The highest BCUT2D eigenvalue weighted by Crippen LogP contribution is 2.21. The lowest BCUT2D eigenvalue weighted by Crippen LogP contribution is -2.27. The molecule has 1 aromatic carbocycles. The van der Waals surface area contributed by atoms with Gasteiger partial charge in [0.05, 0.1) is 7.11 Å². The van der Waals surface area contributed by atoms with Gasteiger partial charge in [0.2, 0.25) is 0 Å². The van der Waals surface area contributed by atoms with Gasteiger partial charge in [0, 0.05) is 32.0 Å². The second-order valence-corrected chi connectivity index (χ2v) is 4.34. The molecular formula is C13H16FN3O2. The summed E-state index contributed by atoms with van der Waals surface area (Å²) in [5.74, 6) is -0.288. The summed E-state index contributed by atoms with van der Waals surface area (Å²) >= 11 is 0. The van der Waals surface area contributed by atoms with E-state index in [1.807, 2.05) is 0 Å². The van der Waals surface area contributed by atoms with Gasteiger partial charge in [0.1, 0.15) is 0 Å². The van der Waals surface area contributed by atoms with Crippen LogP contribution in [-0.2, 0) is 13.6 Å². The topological polar surface area (TPSA) is 62.2 Å². The van der Waals surface area contributed by atoms with Crippen LogP contribution in [0.3, 0.4) is 0 Å². The molecule has 0 spiro atoms. The molecule has 1 atom stereocenters. The Kier molecular flexibility index (Phi) is 3.71. The van der Waals surface area contributed by atoms with E-state index in [9.17, 15) is 9.18 Å². The SMILES string of the molecule is COc1ccc(C(N)Cn2ccn(C)c2=O)cc1F. The van der Waals surface area contributed by atoms with Gasteiger partial charge in [-0.15, -0.1) is 0 Å². The van der Waals surface area contributed by atoms with Crippen LogP contribution in [0.25, 0.3) is 0 Å². The summed E-state index contributed by atoms with van der Waals surface area (Å²) in [6.07, 6.45) is 3.31. The quantitative estimate of drug-likeness (QED) is 0.898. The highest BCUT2D eigenvalue weighted by Gasteiger charge is 2.12. The smallest absolute Gasteiger partial charge is 0.327 e. The molecule has 5 nitrogen and oxygen atoms in total. The molecule has 0 fully saturated rings. The first-order valence-corrected chi connectivity index (χ1v) is 5.83. The Balaban J connectivity index is 2.20. The van der Waals surface area contributed by atoms with E-state index in [1.165, 1.54) is 28.4 Å². The predicted molar refractivity (Wildman–Crippen MR) is 69.6 cm³/mol. The van der Waals surface area contributed by atoms with E-state index in [1.54, 1.807) is 25.5 Å². The van der Waals surface area contributed by atoms with Gasteiger partial charge in [0.15, 0.2) is 11.6 Å². The van der Waals surface area contributed by atoms with Gasteiger partial charge in [-0.3, -0.25) is 4.57 Å². The van der Waals surface area contributed by atoms with E-state index >= 15 is 0 Å². The number of methoxy groups -OCH3 is 1. The Morgan fingerprint density at radius 3 is 2.68 bits per heavy atom. The number of rotatable bonds is 4. The number of hydrogen-bond donors (Lipinski definition) is 1. The standard InChI is InChI=1S/C13H16FN3O2/c1-16-5-6-17(13(16)18)8-11(15)9-3-4-12(19-2)10(14)7-9/h3-7,11H,8,15H2,1-2H3. The molecule has 2 rings (SSSR count). The van der Waals surface area contributed by atoms with Gasteiger partial charge in [0.25, 0.3) is 0 Å². The lowest BCUT2D eigenvalue weighted by atomic mass is 10.1. The van der Waals surface area contributed by atoms with Gasteiger partial charge < -0.3 is 15.0 Å². The Labute approximate surface area is 110 Å². The number of benzene rings is 1. The number of hydrogen-bond acceptors (Lipinski definition) is 3. The van der Waals surface area contributed by atoms with Gasteiger partial charge in [-0.05, 0) is 17.7 Å². The third-order valence-electron chi connectivity index (χ3n) is 3.02. The van der Waals surface area contributed by atoms with E-state index in [0.717, 1.165) is 0 Å². The normalized spacial score (nSPS) is 12.4. The van der Waals surface area contributed by atoms with Crippen molar-refractivity contribution in [3.63, 3.8) is 0 Å². The van der Waals surface area contributed by atoms with Crippen LogP contribution in [0, 0.1) is 5.82 Å². The Morgan fingerprint density at radius 1 is 1.42 bits per heavy atom. The molecule has 19 heavy (non-hydrogen) atoms. The maximum Gasteiger partial charge on any atom is 0.327 e. The van der Waals surface area contributed by atoms with E-state index in [4.69, 9.17) is 10.5 Å². The van der Waals surface area contributed by atoms with Crippen LogP contribution in [0.15, 0.2) is 35.4 Å². The molecule has 102 valence electrons. The fourth-order valence-electron chi connectivity index (χ4n) is 1.88. The molecule has 0 aliphatic heterocycles. The molecule has 0 saturated heterocycles. The van der Waals surface area contributed by atoms with Crippen molar-refractivity contribution in [3.8, 4) is 5.75 Å². The van der Waals surface area contributed by atoms with Crippen molar-refractivity contribution in [2.75, 3.05) is 7.11 Å². The minimum Gasteiger partial charge on any atom is -0.494 e. The lowest BCUT2D eigenvalue weighted by molar-refractivity contribution is 0.385. The first-order valence-electron chi connectivity index (χ1n) is 5.83. The Bertz CT molecular complexity index is 633. The molecule has 2 aromatic rings. The molecule has 0 aliphatic rings. The van der Waals surface area contributed by atoms with Crippen molar-refractivity contribution >= 4 is 0 Å². The summed E-state index contributed by atoms with van der Waals surface area (Å²) in [6.45, 7) is 0.297. The molecule has 1 heterocycles. The van der Waals surface area contributed by atoms with Gasteiger partial charge in [-0.2, -0.15) is 0 Å². The minimum absolute atomic E-state index is 0.149. The summed E-state index contributed by atoms with van der Waals surface area (Å²) < 4.78 is 21.4. The Hall–Kier alpha value is -2.08. The second kappa shape index (κ2) is 5.27. The lowest BCUT2D eigenvalue weighted by Gasteiger charge is -2.13. The molecule has 0 bridgehead atoms. The molecule has 0 saturated carbocycles. The maximum atomic E-state index is 13.6. The third-order valence-corrected chi connectivity index (χ3v) is 3.02. The summed E-state index contributed by atoms with van der Waals surface area (Å²) in [5, 5.41) is 0. The van der Waals surface area contributed by atoms with Gasteiger partial charge in [-0.25, -0.2) is 9.18 Å².